The molecule has 0 bridgehead atoms. The molecule has 0 aliphatic heterocycles. The Labute approximate surface area is 135 Å². The van der Waals surface area contributed by atoms with E-state index in [1.807, 2.05) is 6.07 Å². The highest BCUT2D eigenvalue weighted by Crippen LogP contribution is 2.15. The number of hydrogen-bond acceptors (Lipinski definition) is 5. The molecule has 0 heterocycles. The van der Waals surface area contributed by atoms with Crippen LogP contribution in [0.4, 0.5) is 0 Å². The zero-order valence-electron chi connectivity index (χ0n) is 12.8. The van der Waals surface area contributed by atoms with Gasteiger partial charge in [-0.05, 0) is 49.0 Å². The van der Waals surface area contributed by atoms with Crippen LogP contribution in [0.1, 0.15) is 15.9 Å². The third-order valence-electron chi connectivity index (χ3n) is 3.17. The van der Waals surface area contributed by atoms with Crippen molar-refractivity contribution in [3.8, 4) is 5.75 Å². The van der Waals surface area contributed by atoms with Crippen molar-refractivity contribution in [2.24, 2.45) is 0 Å². The van der Waals surface area contributed by atoms with E-state index >= 15 is 0 Å². The molecule has 0 saturated heterocycles. The minimum absolute atomic E-state index is 0.0874. The Morgan fingerprint density at radius 1 is 1.13 bits per heavy atom. The number of ether oxygens (including phenoxy) is 2. The van der Waals surface area contributed by atoms with Crippen LogP contribution in [-0.2, 0) is 21.4 Å². The summed E-state index contributed by atoms with van der Waals surface area (Å²) in [6, 6.07) is 12.7. The smallest absolute Gasteiger partial charge is 0.338 e. The van der Waals surface area contributed by atoms with Crippen LogP contribution in [0.3, 0.4) is 0 Å². The van der Waals surface area contributed by atoms with Crippen molar-refractivity contribution in [1.29, 1.82) is 0 Å². The van der Waals surface area contributed by atoms with Crippen LogP contribution in [0.15, 0.2) is 53.4 Å². The maximum atomic E-state index is 12.0. The number of hydrogen-bond donors (Lipinski definition) is 1. The molecule has 2 aromatic rings. The first kappa shape index (κ1) is 17.0. The molecule has 0 unspecified atom stereocenters. The first-order valence-electron chi connectivity index (χ1n) is 6.80. The van der Waals surface area contributed by atoms with Gasteiger partial charge in [-0.1, -0.05) is 12.1 Å². The van der Waals surface area contributed by atoms with E-state index in [2.05, 4.69) is 4.72 Å². The average Bonchev–Trinajstić information content (AvgIpc) is 2.60. The fourth-order valence-electron chi connectivity index (χ4n) is 1.88. The van der Waals surface area contributed by atoms with Gasteiger partial charge in [-0.2, -0.15) is 0 Å². The van der Waals surface area contributed by atoms with Crippen molar-refractivity contribution >= 4 is 16.0 Å². The number of sulfonamides is 1. The molecule has 0 saturated carbocycles. The number of carbonyl (C=O) groups is 1. The van der Waals surface area contributed by atoms with Crippen LogP contribution in [0.25, 0.3) is 0 Å². The highest BCUT2D eigenvalue weighted by Gasteiger charge is 2.13. The predicted octanol–water partition coefficient (Wildman–Crippen LogP) is 1.96. The summed E-state index contributed by atoms with van der Waals surface area (Å²) < 4.78 is 35.7. The predicted molar refractivity (Wildman–Crippen MR) is 84.8 cm³/mol. The number of methoxy groups -OCH3 is 1. The van der Waals surface area contributed by atoms with Crippen LogP contribution < -0.4 is 9.46 Å². The van der Waals surface area contributed by atoms with Gasteiger partial charge in [0.25, 0.3) is 0 Å². The SMILES string of the molecule is CNS(=O)(=O)c1ccc(C(=O)OCc2cccc(OC)c2)cc1. The fourth-order valence-corrected chi connectivity index (χ4v) is 2.61. The molecule has 0 atom stereocenters. The van der Waals surface area contributed by atoms with Crippen LogP contribution in [0.5, 0.6) is 5.75 Å². The Kier molecular flexibility index (Phi) is 5.36. The molecule has 2 rings (SSSR count). The summed E-state index contributed by atoms with van der Waals surface area (Å²) in [4.78, 5) is 12.1. The minimum Gasteiger partial charge on any atom is -0.497 e. The van der Waals surface area contributed by atoms with Gasteiger partial charge in [0.05, 0.1) is 17.6 Å². The number of rotatable bonds is 6. The quantitative estimate of drug-likeness (QED) is 0.816. The molecule has 0 aliphatic rings. The molecule has 0 aromatic heterocycles. The first-order chi connectivity index (χ1) is 11.0. The summed E-state index contributed by atoms with van der Waals surface area (Å²) in [5.74, 6) is 0.154. The molecule has 2 aromatic carbocycles. The Morgan fingerprint density at radius 2 is 1.83 bits per heavy atom. The number of benzene rings is 2. The van der Waals surface area contributed by atoms with Crippen molar-refractivity contribution in [3.05, 3.63) is 59.7 Å². The highest BCUT2D eigenvalue weighted by molar-refractivity contribution is 7.89. The van der Waals surface area contributed by atoms with E-state index in [0.29, 0.717) is 5.75 Å². The molecular formula is C16H17NO5S. The van der Waals surface area contributed by atoms with Gasteiger partial charge in [-0.3, -0.25) is 0 Å². The van der Waals surface area contributed by atoms with Gasteiger partial charge in [-0.25, -0.2) is 17.9 Å². The van der Waals surface area contributed by atoms with Gasteiger partial charge in [0.15, 0.2) is 0 Å². The average molecular weight is 335 g/mol. The van der Waals surface area contributed by atoms with E-state index < -0.39 is 16.0 Å². The van der Waals surface area contributed by atoms with Gasteiger partial charge in [0.2, 0.25) is 10.0 Å². The van der Waals surface area contributed by atoms with Crippen LogP contribution in [0, 0.1) is 0 Å². The normalized spacial score (nSPS) is 11.0. The van der Waals surface area contributed by atoms with Crippen molar-refractivity contribution in [2.45, 2.75) is 11.5 Å². The summed E-state index contributed by atoms with van der Waals surface area (Å²) in [6.07, 6.45) is 0. The van der Waals surface area contributed by atoms with E-state index in [1.165, 1.54) is 31.3 Å². The largest absolute Gasteiger partial charge is 0.497 e. The molecule has 7 heteroatoms. The van der Waals surface area contributed by atoms with Crippen LogP contribution in [-0.4, -0.2) is 28.5 Å². The van der Waals surface area contributed by atoms with Gasteiger partial charge in [-0.15, -0.1) is 0 Å². The van der Waals surface area contributed by atoms with Crippen LogP contribution >= 0.6 is 0 Å². The Bertz CT molecular complexity index is 784. The van der Waals surface area contributed by atoms with Gasteiger partial charge < -0.3 is 9.47 Å². The molecule has 0 spiro atoms. The molecule has 0 aliphatic carbocycles. The Balaban J connectivity index is 2.03. The lowest BCUT2D eigenvalue weighted by Crippen LogP contribution is -2.18. The summed E-state index contributed by atoms with van der Waals surface area (Å²) in [6.45, 7) is 0.104. The minimum atomic E-state index is -3.52. The lowest BCUT2D eigenvalue weighted by molar-refractivity contribution is 0.0472. The molecule has 23 heavy (non-hydrogen) atoms. The monoisotopic (exact) mass is 335 g/mol. The van der Waals surface area contributed by atoms with E-state index in [0.717, 1.165) is 5.56 Å². The van der Waals surface area contributed by atoms with Crippen LogP contribution in [0.2, 0.25) is 0 Å². The number of carbonyl (C=O) groups excluding carboxylic acids is 1. The molecule has 0 fully saturated rings. The fraction of sp³-hybridized carbons (Fsp3) is 0.188. The van der Waals surface area contributed by atoms with E-state index in [-0.39, 0.29) is 17.1 Å². The maximum absolute atomic E-state index is 12.0. The second-order valence-corrected chi connectivity index (χ2v) is 6.55. The summed E-state index contributed by atoms with van der Waals surface area (Å²) in [7, 11) is -0.633. The molecule has 6 nitrogen and oxygen atoms in total. The lowest BCUT2D eigenvalue weighted by atomic mass is 10.2. The first-order valence-corrected chi connectivity index (χ1v) is 8.28. The zero-order chi connectivity index (χ0) is 16.9. The molecular weight excluding hydrogens is 318 g/mol. The number of nitrogens with one attached hydrogen (secondary N) is 1. The second-order valence-electron chi connectivity index (χ2n) is 4.66. The third-order valence-corrected chi connectivity index (χ3v) is 4.60. The topological polar surface area (TPSA) is 81.7 Å². The standard InChI is InChI=1S/C16H17NO5S/c1-17-23(19,20)15-8-6-13(7-9-15)16(18)22-11-12-4-3-5-14(10-12)21-2/h3-10,17H,11H2,1-2H3. The Morgan fingerprint density at radius 3 is 2.43 bits per heavy atom. The molecule has 0 amide bonds. The van der Waals surface area contributed by atoms with Crippen molar-refractivity contribution < 1.29 is 22.7 Å². The molecule has 1 N–H and O–H groups in total. The summed E-state index contributed by atoms with van der Waals surface area (Å²) in [5.41, 5.74) is 1.08. The van der Waals surface area contributed by atoms with Crippen molar-refractivity contribution in [2.75, 3.05) is 14.2 Å². The Hall–Kier alpha value is -2.38. The van der Waals surface area contributed by atoms with E-state index in [1.54, 1.807) is 25.3 Å². The number of esters is 1. The molecule has 0 radical (unpaired) electrons. The summed E-state index contributed by atoms with van der Waals surface area (Å²) >= 11 is 0. The van der Waals surface area contributed by atoms with Gasteiger partial charge in [0.1, 0.15) is 12.4 Å². The van der Waals surface area contributed by atoms with E-state index in [4.69, 9.17) is 9.47 Å². The summed E-state index contributed by atoms with van der Waals surface area (Å²) in [5, 5.41) is 0. The van der Waals surface area contributed by atoms with Crippen molar-refractivity contribution in [1.82, 2.24) is 4.72 Å². The lowest BCUT2D eigenvalue weighted by Gasteiger charge is -2.07. The maximum Gasteiger partial charge on any atom is 0.338 e. The van der Waals surface area contributed by atoms with E-state index in [9.17, 15) is 13.2 Å². The van der Waals surface area contributed by atoms with Gasteiger partial charge in [0, 0.05) is 0 Å². The highest BCUT2D eigenvalue weighted by atomic mass is 32.2. The van der Waals surface area contributed by atoms with Crippen molar-refractivity contribution in [3.63, 3.8) is 0 Å². The third kappa shape index (κ3) is 4.30. The zero-order valence-corrected chi connectivity index (χ0v) is 13.6. The van der Waals surface area contributed by atoms with Gasteiger partial charge >= 0.3 is 5.97 Å². The molecule has 122 valence electrons. The second kappa shape index (κ2) is 7.26.